The Morgan fingerprint density at radius 3 is 1.87 bits per heavy atom. The van der Waals surface area contributed by atoms with Crippen molar-refractivity contribution in [1.82, 2.24) is 4.98 Å². The molecule has 0 bridgehead atoms. The number of halogens is 2. The quantitative estimate of drug-likeness (QED) is 0.478. The molecule has 1 heterocycles. The van der Waals surface area contributed by atoms with Crippen LogP contribution in [0, 0.1) is 6.92 Å². The SMILES string of the molecule is CC.CC.Cc1nc(Cl)ccc1-c1cc(C(C)(C)C)ccc1Cl. The molecular weight excluding hydrogens is 325 g/mol. The van der Waals surface area contributed by atoms with E-state index in [1.807, 2.05) is 46.8 Å². The molecule has 2 rings (SSSR count). The van der Waals surface area contributed by atoms with Gasteiger partial charge in [0.15, 0.2) is 0 Å². The first-order valence-corrected chi connectivity index (χ1v) is 8.98. The second-order valence-corrected chi connectivity index (χ2v) is 6.51. The number of rotatable bonds is 1. The van der Waals surface area contributed by atoms with Crippen molar-refractivity contribution in [3.8, 4) is 11.1 Å². The molecule has 0 saturated heterocycles. The van der Waals surface area contributed by atoms with Gasteiger partial charge in [-0.2, -0.15) is 0 Å². The molecule has 0 N–H and O–H groups in total. The van der Waals surface area contributed by atoms with Gasteiger partial charge in [0.25, 0.3) is 0 Å². The molecule has 0 amide bonds. The molecule has 1 nitrogen and oxygen atoms in total. The summed E-state index contributed by atoms with van der Waals surface area (Å²) < 4.78 is 0. The topological polar surface area (TPSA) is 12.9 Å². The molecule has 0 aliphatic carbocycles. The summed E-state index contributed by atoms with van der Waals surface area (Å²) in [5, 5.41) is 1.24. The van der Waals surface area contributed by atoms with Gasteiger partial charge in [0.05, 0.1) is 0 Å². The maximum Gasteiger partial charge on any atom is 0.129 e. The monoisotopic (exact) mass is 353 g/mol. The van der Waals surface area contributed by atoms with Gasteiger partial charge in [0.1, 0.15) is 5.15 Å². The number of aromatic nitrogens is 1. The van der Waals surface area contributed by atoms with E-state index in [0.717, 1.165) is 21.8 Å². The molecular formula is C20H29Cl2N. The molecule has 1 aromatic carbocycles. The highest BCUT2D eigenvalue weighted by Crippen LogP contribution is 2.34. The zero-order chi connectivity index (χ0) is 18.2. The summed E-state index contributed by atoms with van der Waals surface area (Å²) in [4.78, 5) is 4.29. The van der Waals surface area contributed by atoms with Crippen LogP contribution in [0.2, 0.25) is 10.2 Å². The minimum atomic E-state index is 0.0904. The van der Waals surface area contributed by atoms with Gasteiger partial charge < -0.3 is 0 Å². The van der Waals surface area contributed by atoms with Gasteiger partial charge in [-0.25, -0.2) is 4.98 Å². The fraction of sp³-hybridized carbons (Fsp3) is 0.450. The number of hydrogen-bond donors (Lipinski definition) is 0. The minimum Gasteiger partial charge on any atom is -0.241 e. The van der Waals surface area contributed by atoms with E-state index in [1.54, 1.807) is 6.07 Å². The van der Waals surface area contributed by atoms with Crippen LogP contribution in [0.5, 0.6) is 0 Å². The van der Waals surface area contributed by atoms with Crippen molar-refractivity contribution in [1.29, 1.82) is 0 Å². The zero-order valence-corrected chi connectivity index (χ0v) is 17.1. The first kappa shape index (κ1) is 21.9. The van der Waals surface area contributed by atoms with Gasteiger partial charge in [-0.3, -0.25) is 0 Å². The highest BCUT2D eigenvalue weighted by molar-refractivity contribution is 6.33. The Morgan fingerprint density at radius 1 is 0.826 bits per heavy atom. The highest BCUT2D eigenvalue weighted by Gasteiger charge is 2.16. The van der Waals surface area contributed by atoms with E-state index in [9.17, 15) is 0 Å². The summed E-state index contributed by atoms with van der Waals surface area (Å²) in [5.41, 5.74) is 4.27. The molecule has 128 valence electrons. The molecule has 2 aromatic rings. The lowest BCUT2D eigenvalue weighted by Crippen LogP contribution is -2.11. The highest BCUT2D eigenvalue weighted by atomic mass is 35.5. The van der Waals surface area contributed by atoms with Crippen molar-refractivity contribution in [2.75, 3.05) is 0 Å². The molecule has 23 heavy (non-hydrogen) atoms. The third kappa shape index (κ3) is 6.16. The summed E-state index contributed by atoms with van der Waals surface area (Å²) in [7, 11) is 0. The van der Waals surface area contributed by atoms with Crippen LogP contribution in [0.4, 0.5) is 0 Å². The van der Waals surface area contributed by atoms with Crippen molar-refractivity contribution in [3.05, 3.63) is 51.8 Å². The van der Waals surface area contributed by atoms with Crippen molar-refractivity contribution < 1.29 is 0 Å². The van der Waals surface area contributed by atoms with E-state index in [-0.39, 0.29) is 5.41 Å². The van der Waals surface area contributed by atoms with Crippen molar-refractivity contribution in [2.24, 2.45) is 0 Å². The summed E-state index contributed by atoms with van der Waals surface area (Å²) in [6.07, 6.45) is 0. The Morgan fingerprint density at radius 2 is 1.39 bits per heavy atom. The summed E-state index contributed by atoms with van der Waals surface area (Å²) in [6.45, 7) is 16.5. The fourth-order valence-electron chi connectivity index (χ4n) is 2.01. The van der Waals surface area contributed by atoms with Crippen molar-refractivity contribution in [3.63, 3.8) is 0 Å². The first-order valence-electron chi connectivity index (χ1n) is 8.22. The lowest BCUT2D eigenvalue weighted by atomic mass is 9.85. The predicted octanol–water partition coefficient (Wildman–Crippen LogP) is 7.71. The van der Waals surface area contributed by atoms with E-state index in [2.05, 4.69) is 37.9 Å². The number of nitrogens with zero attached hydrogens (tertiary/aromatic N) is 1. The third-order valence-corrected chi connectivity index (χ3v) is 3.71. The van der Waals surface area contributed by atoms with Crippen LogP contribution < -0.4 is 0 Å². The number of aryl methyl sites for hydroxylation is 1. The van der Waals surface area contributed by atoms with E-state index in [1.165, 1.54) is 5.56 Å². The van der Waals surface area contributed by atoms with E-state index >= 15 is 0 Å². The Kier molecular flexibility index (Phi) is 9.49. The molecule has 0 aliphatic heterocycles. The zero-order valence-electron chi connectivity index (χ0n) is 15.6. The van der Waals surface area contributed by atoms with Crippen LogP contribution in [-0.2, 0) is 5.41 Å². The summed E-state index contributed by atoms with van der Waals surface area (Å²) in [6, 6.07) is 9.93. The standard InChI is InChI=1S/C16H17Cl2N.2C2H6/c1-10-12(6-8-15(18)19-10)13-9-11(16(2,3)4)5-7-14(13)17;2*1-2/h5-9H,1-4H3;2*1-2H3. The molecule has 0 atom stereocenters. The predicted molar refractivity (Wildman–Crippen MR) is 106 cm³/mol. The lowest BCUT2D eigenvalue weighted by Gasteiger charge is -2.20. The molecule has 0 aliphatic rings. The normalized spacial score (nSPS) is 10.2. The Labute approximate surface area is 152 Å². The molecule has 0 spiro atoms. The smallest absolute Gasteiger partial charge is 0.129 e. The largest absolute Gasteiger partial charge is 0.241 e. The number of benzene rings is 1. The van der Waals surface area contributed by atoms with Crippen LogP contribution in [0.3, 0.4) is 0 Å². The van der Waals surface area contributed by atoms with Crippen LogP contribution in [0.15, 0.2) is 30.3 Å². The molecule has 0 saturated carbocycles. The van der Waals surface area contributed by atoms with Gasteiger partial charge in [-0.1, -0.05) is 77.7 Å². The Balaban J connectivity index is 0.00000112. The number of pyridine rings is 1. The van der Waals surface area contributed by atoms with Crippen LogP contribution >= 0.6 is 23.2 Å². The van der Waals surface area contributed by atoms with Gasteiger partial charge >= 0.3 is 0 Å². The van der Waals surface area contributed by atoms with Gasteiger partial charge in [0, 0.05) is 21.8 Å². The van der Waals surface area contributed by atoms with E-state index in [4.69, 9.17) is 23.2 Å². The maximum absolute atomic E-state index is 6.33. The second kappa shape index (κ2) is 9.95. The van der Waals surface area contributed by atoms with Gasteiger partial charge in [0.2, 0.25) is 0 Å². The van der Waals surface area contributed by atoms with Crippen molar-refractivity contribution in [2.45, 2.75) is 60.8 Å². The minimum absolute atomic E-state index is 0.0904. The van der Waals surface area contributed by atoms with Crippen LogP contribution in [0.25, 0.3) is 11.1 Å². The number of hydrogen-bond acceptors (Lipinski definition) is 1. The average molecular weight is 354 g/mol. The molecule has 1 aromatic heterocycles. The van der Waals surface area contributed by atoms with Gasteiger partial charge in [-0.15, -0.1) is 0 Å². The lowest BCUT2D eigenvalue weighted by molar-refractivity contribution is 0.590. The third-order valence-electron chi connectivity index (χ3n) is 3.17. The van der Waals surface area contributed by atoms with Gasteiger partial charge in [-0.05, 0) is 42.2 Å². The molecule has 0 unspecified atom stereocenters. The first-order chi connectivity index (χ1) is 10.8. The van der Waals surface area contributed by atoms with Crippen molar-refractivity contribution >= 4 is 23.2 Å². The van der Waals surface area contributed by atoms with Crippen LogP contribution in [0.1, 0.15) is 59.7 Å². The average Bonchev–Trinajstić information content (AvgIpc) is 2.51. The van der Waals surface area contributed by atoms with E-state index in [0.29, 0.717) is 5.15 Å². The fourth-order valence-corrected chi connectivity index (χ4v) is 2.42. The molecule has 0 radical (unpaired) electrons. The second-order valence-electron chi connectivity index (χ2n) is 5.71. The summed E-state index contributed by atoms with van der Waals surface area (Å²) in [5.74, 6) is 0. The molecule has 0 fully saturated rings. The van der Waals surface area contributed by atoms with Crippen LogP contribution in [-0.4, -0.2) is 4.98 Å². The Bertz CT molecular complexity index is 614. The molecule has 3 heteroatoms. The summed E-state index contributed by atoms with van der Waals surface area (Å²) >= 11 is 12.2. The van der Waals surface area contributed by atoms with E-state index < -0.39 is 0 Å². The Hall–Kier alpha value is -1.05. The maximum atomic E-state index is 6.33.